The highest BCUT2D eigenvalue weighted by molar-refractivity contribution is 5.23. The molecular formula is C13H19N. The summed E-state index contributed by atoms with van der Waals surface area (Å²) >= 11 is 0. The highest BCUT2D eigenvalue weighted by Crippen LogP contribution is 2.51. The van der Waals surface area contributed by atoms with Crippen molar-refractivity contribution in [1.29, 1.82) is 5.26 Å². The molecule has 0 N–H and O–H groups in total. The van der Waals surface area contributed by atoms with E-state index >= 15 is 0 Å². The summed E-state index contributed by atoms with van der Waals surface area (Å²) in [5.41, 5.74) is 3.04. The van der Waals surface area contributed by atoms with Gasteiger partial charge in [-0.2, -0.15) is 5.26 Å². The Morgan fingerprint density at radius 3 is 2.79 bits per heavy atom. The lowest BCUT2D eigenvalue weighted by atomic mass is 9.59. The van der Waals surface area contributed by atoms with Crippen LogP contribution in [0, 0.1) is 22.7 Å². The minimum absolute atomic E-state index is 0.0157. The zero-order valence-corrected chi connectivity index (χ0v) is 9.27. The zero-order chi connectivity index (χ0) is 10.2. The molecule has 2 aliphatic carbocycles. The minimum Gasteiger partial charge on any atom is -0.198 e. The van der Waals surface area contributed by atoms with Gasteiger partial charge in [0.1, 0.15) is 0 Å². The Bertz CT molecular complexity index is 308. The topological polar surface area (TPSA) is 23.8 Å². The Labute approximate surface area is 86.8 Å². The van der Waals surface area contributed by atoms with Crippen LogP contribution < -0.4 is 0 Å². The molecule has 1 heteroatoms. The first-order chi connectivity index (χ1) is 6.68. The predicted octanol–water partition coefficient (Wildman–Crippen LogP) is 3.82. The minimum atomic E-state index is 0.0157. The number of hydrogen-bond acceptors (Lipinski definition) is 1. The molecule has 2 atom stereocenters. The first-order valence-corrected chi connectivity index (χ1v) is 5.74. The van der Waals surface area contributed by atoms with Gasteiger partial charge in [0, 0.05) is 0 Å². The summed E-state index contributed by atoms with van der Waals surface area (Å²) in [5, 5.41) is 9.41. The molecule has 2 aliphatic rings. The second-order valence-corrected chi connectivity index (χ2v) is 5.15. The van der Waals surface area contributed by atoms with Crippen molar-refractivity contribution in [2.75, 3.05) is 0 Å². The largest absolute Gasteiger partial charge is 0.198 e. The molecule has 0 aromatic heterocycles. The fraction of sp³-hybridized carbons (Fsp3) is 0.769. The molecule has 0 radical (unpaired) electrons. The molecule has 0 spiro atoms. The lowest BCUT2D eigenvalue weighted by Crippen LogP contribution is -2.35. The molecule has 0 heterocycles. The SMILES string of the molecule is CC1=C(C)C[C@@]2(C#N)CCCC[C@H]2C1. The van der Waals surface area contributed by atoms with Crippen molar-refractivity contribution in [3.8, 4) is 6.07 Å². The molecule has 76 valence electrons. The summed E-state index contributed by atoms with van der Waals surface area (Å²) in [6.07, 6.45) is 7.23. The highest BCUT2D eigenvalue weighted by Gasteiger charge is 2.43. The van der Waals surface area contributed by atoms with E-state index in [2.05, 4.69) is 19.9 Å². The molecule has 0 bridgehead atoms. The lowest BCUT2D eigenvalue weighted by Gasteiger charge is -2.43. The Hall–Kier alpha value is -0.770. The number of fused-ring (bicyclic) bond motifs is 1. The fourth-order valence-electron chi connectivity index (χ4n) is 3.20. The molecule has 0 unspecified atom stereocenters. The average Bonchev–Trinajstić information content (AvgIpc) is 2.20. The van der Waals surface area contributed by atoms with Gasteiger partial charge in [-0.15, -0.1) is 0 Å². The van der Waals surface area contributed by atoms with Crippen LogP contribution in [-0.2, 0) is 0 Å². The first-order valence-electron chi connectivity index (χ1n) is 5.74. The van der Waals surface area contributed by atoms with E-state index in [1.165, 1.54) is 31.3 Å². The summed E-state index contributed by atoms with van der Waals surface area (Å²) in [6.45, 7) is 4.45. The highest BCUT2D eigenvalue weighted by atomic mass is 14.5. The van der Waals surface area contributed by atoms with Crippen LogP contribution in [0.1, 0.15) is 52.4 Å². The van der Waals surface area contributed by atoms with Gasteiger partial charge in [0.25, 0.3) is 0 Å². The average molecular weight is 189 g/mol. The van der Waals surface area contributed by atoms with E-state index in [-0.39, 0.29) is 5.41 Å². The van der Waals surface area contributed by atoms with Crippen molar-refractivity contribution in [2.24, 2.45) is 11.3 Å². The van der Waals surface area contributed by atoms with Crippen LogP contribution in [0.4, 0.5) is 0 Å². The van der Waals surface area contributed by atoms with Crippen LogP contribution in [-0.4, -0.2) is 0 Å². The Kier molecular flexibility index (Phi) is 2.39. The second-order valence-electron chi connectivity index (χ2n) is 5.15. The molecule has 1 fully saturated rings. The van der Waals surface area contributed by atoms with Crippen LogP contribution in [0.5, 0.6) is 0 Å². The van der Waals surface area contributed by atoms with E-state index in [1.54, 1.807) is 5.57 Å². The smallest absolute Gasteiger partial charge is 0.0696 e. The summed E-state index contributed by atoms with van der Waals surface area (Å²) in [7, 11) is 0. The van der Waals surface area contributed by atoms with Crippen molar-refractivity contribution >= 4 is 0 Å². The van der Waals surface area contributed by atoms with Crippen LogP contribution >= 0.6 is 0 Å². The van der Waals surface area contributed by atoms with Crippen LogP contribution in [0.15, 0.2) is 11.1 Å². The maximum absolute atomic E-state index is 9.41. The van der Waals surface area contributed by atoms with Gasteiger partial charge in [-0.25, -0.2) is 0 Å². The van der Waals surface area contributed by atoms with Gasteiger partial charge in [0.2, 0.25) is 0 Å². The van der Waals surface area contributed by atoms with Gasteiger partial charge in [-0.05, 0) is 45.4 Å². The fourth-order valence-corrected chi connectivity index (χ4v) is 3.20. The predicted molar refractivity (Wildman–Crippen MR) is 57.6 cm³/mol. The molecule has 0 aromatic rings. The summed E-state index contributed by atoms with van der Waals surface area (Å²) in [6, 6.07) is 2.64. The van der Waals surface area contributed by atoms with Gasteiger partial charge < -0.3 is 0 Å². The lowest BCUT2D eigenvalue weighted by molar-refractivity contribution is 0.145. The van der Waals surface area contributed by atoms with Crippen LogP contribution in [0.2, 0.25) is 0 Å². The quantitative estimate of drug-likeness (QED) is 0.531. The molecule has 1 saturated carbocycles. The third-order valence-electron chi connectivity index (χ3n) is 4.29. The summed E-state index contributed by atoms with van der Waals surface area (Å²) in [5.74, 6) is 0.657. The molecule has 2 rings (SSSR count). The van der Waals surface area contributed by atoms with E-state index in [0.717, 1.165) is 12.8 Å². The van der Waals surface area contributed by atoms with Crippen molar-refractivity contribution in [2.45, 2.75) is 52.4 Å². The monoisotopic (exact) mass is 189 g/mol. The Morgan fingerprint density at radius 2 is 2.07 bits per heavy atom. The van der Waals surface area contributed by atoms with Gasteiger partial charge in [-0.1, -0.05) is 24.0 Å². The maximum Gasteiger partial charge on any atom is 0.0696 e. The van der Waals surface area contributed by atoms with Crippen molar-refractivity contribution in [3.05, 3.63) is 11.1 Å². The van der Waals surface area contributed by atoms with Gasteiger partial charge in [0.05, 0.1) is 11.5 Å². The maximum atomic E-state index is 9.41. The standard InChI is InChI=1S/C13H19N/c1-10-7-12-5-3-4-6-13(12,9-14)8-11(10)2/h12H,3-8H2,1-2H3/t12-,13+/m0/s1. The number of nitriles is 1. The molecule has 14 heavy (non-hydrogen) atoms. The number of rotatable bonds is 0. The van der Waals surface area contributed by atoms with Crippen molar-refractivity contribution < 1.29 is 0 Å². The van der Waals surface area contributed by atoms with E-state index < -0.39 is 0 Å². The molecule has 0 aliphatic heterocycles. The van der Waals surface area contributed by atoms with Crippen molar-refractivity contribution in [1.82, 2.24) is 0 Å². The van der Waals surface area contributed by atoms with Gasteiger partial charge >= 0.3 is 0 Å². The summed E-state index contributed by atoms with van der Waals surface area (Å²) < 4.78 is 0. The Balaban J connectivity index is 2.31. The molecular weight excluding hydrogens is 170 g/mol. The van der Waals surface area contributed by atoms with E-state index in [0.29, 0.717) is 5.92 Å². The molecule has 0 amide bonds. The third-order valence-corrected chi connectivity index (χ3v) is 4.29. The normalized spacial score (nSPS) is 37.6. The third kappa shape index (κ3) is 1.38. The number of hydrogen-bond donors (Lipinski definition) is 0. The number of nitrogens with zero attached hydrogens (tertiary/aromatic N) is 1. The molecule has 0 aromatic carbocycles. The van der Waals surface area contributed by atoms with Gasteiger partial charge in [-0.3, -0.25) is 0 Å². The van der Waals surface area contributed by atoms with Crippen molar-refractivity contribution in [3.63, 3.8) is 0 Å². The van der Waals surface area contributed by atoms with Gasteiger partial charge in [0.15, 0.2) is 0 Å². The number of allylic oxidation sites excluding steroid dienone is 2. The van der Waals surface area contributed by atoms with Crippen LogP contribution in [0.25, 0.3) is 0 Å². The van der Waals surface area contributed by atoms with Crippen LogP contribution in [0.3, 0.4) is 0 Å². The second kappa shape index (κ2) is 3.42. The molecule has 0 saturated heterocycles. The van der Waals surface area contributed by atoms with E-state index in [1.807, 2.05) is 0 Å². The van der Waals surface area contributed by atoms with E-state index in [9.17, 15) is 5.26 Å². The Morgan fingerprint density at radius 1 is 1.29 bits per heavy atom. The first kappa shape index (κ1) is 9.77. The van der Waals surface area contributed by atoms with E-state index in [4.69, 9.17) is 0 Å². The zero-order valence-electron chi connectivity index (χ0n) is 9.27. The molecule has 1 nitrogen and oxygen atoms in total. The summed E-state index contributed by atoms with van der Waals surface area (Å²) in [4.78, 5) is 0.